The van der Waals surface area contributed by atoms with Gasteiger partial charge < -0.3 is 10.4 Å². The van der Waals surface area contributed by atoms with Crippen LogP contribution in [0.25, 0.3) is 0 Å². The van der Waals surface area contributed by atoms with E-state index in [1.165, 1.54) is 12.1 Å². The van der Waals surface area contributed by atoms with Crippen LogP contribution in [0.2, 0.25) is 0 Å². The average molecular weight is 225 g/mol. The lowest BCUT2D eigenvalue weighted by Crippen LogP contribution is -2.38. The largest absolute Gasteiger partial charge is 0.395 e. The Morgan fingerprint density at radius 1 is 1.19 bits per heavy atom. The lowest BCUT2D eigenvalue weighted by atomic mass is 10.0. The number of aliphatic hydroxyl groups excluding tert-OH is 1. The van der Waals surface area contributed by atoms with Gasteiger partial charge in [0.05, 0.1) is 6.61 Å². The Labute approximate surface area is 96.5 Å². The van der Waals surface area contributed by atoms with Gasteiger partial charge in [0.1, 0.15) is 5.82 Å². The summed E-state index contributed by atoms with van der Waals surface area (Å²) in [4.78, 5) is 0. The summed E-state index contributed by atoms with van der Waals surface area (Å²) in [6, 6.07) is 6.62. The van der Waals surface area contributed by atoms with Crippen LogP contribution in [0.3, 0.4) is 0 Å². The first kappa shape index (κ1) is 13.1. The number of hydrogen-bond donors (Lipinski definition) is 2. The van der Waals surface area contributed by atoms with Crippen LogP contribution in [0.15, 0.2) is 24.3 Å². The lowest BCUT2D eigenvalue weighted by Gasteiger charge is -2.25. The molecule has 0 aliphatic carbocycles. The van der Waals surface area contributed by atoms with Crippen molar-refractivity contribution in [2.45, 2.75) is 32.9 Å². The first-order valence-electron chi connectivity index (χ1n) is 5.67. The number of nitrogens with one attached hydrogen (secondary N) is 1. The van der Waals surface area contributed by atoms with Crippen molar-refractivity contribution in [2.24, 2.45) is 5.92 Å². The van der Waals surface area contributed by atoms with Crippen LogP contribution in [-0.2, 0) is 0 Å². The van der Waals surface area contributed by atoms with Crippen molar-refractivity contribution in [1.29, 1.82) is 0 Å². The van der Waals surface area contributed by atoms with Gasteiger partial charge in [0.2, 0.25) is 0 Å². The molecule has 0 radical (unpaired) electrons. The van der Waals surface area contributed by atoms with Crippen LogP contribution in [0.1, 0.15) is 32.4 Å². The van der Waals surface area contributed by atoms with E-state index in [4.69, 9.17) is 0 Å². The number of halogens is 1. The van der Waals surface area contributed by atoms with Gasteiger partial charge in [0.15, 0.2) is 0 Å². The van der Waals surface area contributed by atoms with Gasteiger partial charge in [-0.2, -0.15) is 0 Å². The summed E-state index contributed by atoms with van der Waals surface area (Å²) in [6.45, 7) is 6.25. The normalized spacial score (nSPS) is 15.1. The standard InChI is InChI=1S/C13H20FNO/c1-9(2)13(8-16)15-10(3)11-4-6-12(14)7-5-11/h4-7,9-10,13,15-16H,8H2,1-3H3/t10?,13-/m1/s1. The predicted molar refractivity (Wildman–Crippen MR) is 63.7 cm³/mol. The molecule has 2 N–H and O–H groups in total. The molecule has 0 heterocycles. The Balaban J connectivity index is 2.64. The van der Waals surface area contributed by atoms with Gasteiger partial charge in [-0.1, -0.05) is 26.0 Å². The van der Waals surface area contributed by atoms with Crippen LogP contribution in [0.4, 0.5) is 4.39 Å². The predicted octanol–water partition coefficient (Wildman–Crippen LogP) is 2.49. The minimum Gasteiger partial charge on any atom is -0.395 e. The van der Waals surface area contributed by atoms with Crippen LogP contribution in [0, 0.1) is 11.7 Å². The van der Waals surface area contributed by atoms with Gasteiger partial charge >= 0.3 is 0 Å². The molecule has 0 spiro atoms. The Morgan fingerprint density at radius 3 is 2.19 bits per heavy atom. The maximum absolute atomic E-state index is 12.7. The molecule has 0 aliphatic rings. The van der Waals surface area contributed by atoms with Crippen LogP contribution < -0.4 is 5.32 Å². The fourth-order valence-electron chi connectivity index (χ4n) is 1.62. The van der Waals surface area contributed by atoms with Crippen molar-refractivity contribution in [3.8, 4) is 0 Å². The topological polar surface area (TPSA) is 32.3 Å². The average Bonchev–Trinajstić information content (AvgIpc) is 2.26. The molecule has 0 saturated carbocycles. The first-order chi connectivity index (χ1) is 7.54. The van der Waals surface area contributed by atoms with Gasteiger partial charge in [0.25, 0.3) is 0 Å². The van der Waals surface area contributed by atoms with E-state index < -0.39 is 0 Å². The SMILES string of the molecule is CC(N[C@H](CO)C(C)C)c1ccc(F)cc1. The summed E-state index contributed by atoms with van der Waals surface area (Å²) < 4.78 is 12.7. The highest BCUT2D eigenvalue weighted by atomic mass is 19.1. The third-order valence-electron chi connectivity index (χ3n) is 2.84. The molecule has 0 saturated heterocycles. The maximum Gasteiger partial charge on any atom is 0.123 e. The zero-order chi connectivity index (χ0) is 12.1. The van der Waals surface area contributed by atoms with Gasteiger partial charge in [0, 0.05) is 12.1 Å². The summed E-state index contributed by atoms with van der Waals surface area (Å²) in [7, 11) is 0. The van der Waals surface area contributed by atoms with E-state index in [0.29, 0.717) is 5.92 Å². The first-order valence-corrected chi connectivity index (χ1v) is 5.67. The molecule has 0 fully saturated rings. The minimum atomic E-state index is -0.224. The van der Waals surface area contributed by atoms with Gasteiger partial charge in [-0.3, -0.25) is 0 Å². The van der Waals surface area contributed by atoms with Crippen molar-refractivity contribution in [1.82, 2.24) is 5.32 Å². The fraction of sp³-hybridized carbons (Fsp3) is 0.538. The summed E-state index contributed by atoms with van der Waals surface area (Å²) in [5.41, 5.74) is 1.03. The van der Waals surface area contributed by atoms with E-state index in [1.54, 1.807) is 12.1 Å². The van der Waals surface area contributed by atoms with Crippen LogP contribution in [-0.4, -0.2) is 17.8 Å². The lowest BCUT2D eigenvalue weighted by molar-refractivity contribution is 0.201. The molecule has 2 atom stereocenters. The molecule has 3 heteroatoms. The molecule has 90 valence electrons. The minimum absolute atomic E-state index is 0.0695. The third-order valence-corrected chi connectivity index (χ3v) is 2.84. The van der Waals surface area contributed by atoms with E-state index in [-0.39, 0.29) is 24.5 Å². The number of aliphatic hydroxyl groups is 1. The zero-order valence-electron chi connectivity index (χ0n) is 10.1. The van der Waals surface area contributed by atoms with Gasteiger partial charge in [-0.25, -0.2) is 4.39 Å². The quantitative estimate of drug-likeness (QED) is 0.807. The van der Waals surface area contributed by atoms with Crippen molar-refractivity contribution >= 4 is 0 Å². The smallest absolute Gasteiger partial charge is 0.123 e. The molecular weight excluding hydrogens is 205 g/mol. The number of rotatable bonds is 5. The highest BCUT2D eigenvalue weighted by molar-refractivity contribution is 5.19. The summed E-state index contributed by atoms with van der Waals surface area (Å²) >= 11 is 0. The third kappa shape index (κ3) is 3.58. The van der Waals surface area contributed by atoms with Crippen molar-refractivity contribution in [3.05, 3.63) is 35.6 Å². The number of benzene rings is 1. The fourth-order valence-corrected chi connectivity index (χ4v) is 1.62. The van der Waals surface area contributed by atoms with E-state index in [9.17, 15) is 9.50 Å². The highest BCUT2D eigenvalue weighted by Gasteiger charge is 2.15. The van der Waals surface area contributed by atoms with Crippen molar-refractivity contribution < 1.29 is 9.50 Å². The van der Waals surface area contributed by atoms with Crippen LogP contribution in [0.5, 0.6) is 0 Å². The molecule has 0 aromatic heterocycles. The second kappa shape index (κ2) is 5.97. The second-order valence-electron chi connectivity index (χ2n) is 4.47. The Kier molecular flexibility index (Phi) is 4.90. The number of hydrogen-bond acceptors (Lipinski definition) is 2. The Morgan fingerprint density at radius 2 is 1.75 bits per heavy atom. The van der Waals surface area contributed by atoms with E-state index in [0.717, 1.165) is 5.56 Å². The second-order valence-corrected chi connectivity index (χ2v) is 4.47. The van der Waals surface area contributed by atoms with E-state index >= 15 is 0 Å². The molecule has 2 nitrogen and oxygen atoms in total. The Hall–Kier alpha value is -0.930. The van der Waals surface area contributed by atoms with Gasteiger partial charge in [-0.15, -0.1) is 0 Å². The monoisotopic (exact) mass is 225 g/mol. The Bertz CT molecular complexity index is 310. The van der Waals surface area contributed by atoms with Gasteiger partial charge in [-0.05, 0) is 30.5 Å². The molecule has 1 rings (SSSR count). The van der Waals surface area contributed by atoms with Crippen LogP contribution >= 0.6 is 0 Å². The highest BCUT2D eigenvalue weighted by Crippen LogP contribution is 2.15. The molecule has 16 heavy (non-hydrogen) atoms. The molecule has 0 amide bonds. The summed E-state index contributed by atoms with van der Waals surface area (Å²) in [5, 5.41) is 12.5. The molecule has 1 aromatic rings. The maximum atomic E-state index is 12.7. The molecule has 0 aliphatic heterocycles. The van der Waals surface area contributed by atoms with E-state index in [1.807, 2.05) is 6.92 Å². The summed E-state index contributed by atoms with van der Waals surface area (Å²) in [5.74, 6) is 0.145. The van der Waals surface area contributed by atoms with E-state index in [2.05, 4.69) is 19.2 Å². The summed E-state index contributed by atoms with van der Waals surface area (Å²) in [6.07, 6.45) is 0. The van der Waals surface area contributed by atoms with Crippen molar-refractivity contribution in [3.63, 3.8) is 0 Å². The van der Waals surface area contributed by atoms with Crippen molar-refractivity contribution in [2.75, 3.05) is 6.61 Å². The molecular formula is C13H20FNO. The molecule has 1 aromatic carbocycles. The molecule has 1 unspecified atom stereocenters. The zero-order valence-corrected chi connectivity index (χ0v) is 10.1. The molecule has 0 bridgehead atoms.